The van der Waals surface area contributed by atoms with E-state index in [-0.39, 0.29) is 42.8 Å². The highest BCUT2D eigenvalue weighted by Gasteiger charge is 2.08. The predicted molar refractivity (Wildman–Crippen MR) is 79.1 cm³/mol. The lowest BCUT2D eigenvalue weighted by Crippen LogP contribution is -2.30. The maximum atomic E-state index is 11.5. The second kappa shape index (κ2) is 8.01. The van der Waals surface area contributed by atoms with E-state index in [9.17, 15) is 13.2 Å². The number of sulfone groups is 1. The first kappa shape index (κ1) is 17.7. The quantitative estimate of drug-likeness (QED) is 0.760. The molecule has 0 fully saturated rings. The number of rotatable bonds is 6. The molecule has 0 heterocycles. The van der Waals surface area contributed by atoms with E-state index in [0.717, 1.165) is 5.56 Å². The third-order valence-corrected chi connectivity index (χ3v) is 4.23. The Morgan fingerprint density at radius 1 is 1.26 bits per heavy atom. The minimum Gasteiger partial charge on any atom is -0.399 e. The summed E-state index contributed by atoms with van der Waals surface area (Å²) in [5.74, 6) is -0.108. The Kier molecular flexibility index (Phi) is 7.48. The first-order chi connectivity index (χ1) is 8.43. The first-order valence-corrected chi connectivity index (χ1v) is 7.56. The number of halogens is 1. The molecule has 1 aromatic rings. The Morgan fingerprint density at radius 2 is 1.84 bits per heavy atom. The van der Waals surface area contributed by atoms with E-state index in [1.165, 1.54) is 0 Å². The largest absolute Gasteiger partial charge is 0.399 e. The van der Waals surface area contributed by atoms with Crippen LogP contribution >= 0.6 is 12.4 Å². The Hall–Kier alpha value is -1.27. The summed E-state index contributed by atoms with van der Waals surface area (Å²) >= 11 is 0. The fourth-order valence-corrected chi connectivity index (χ4v) is 2.08. The molecule has 0 radical (unpaired) electrons. The van der Waals surface area contributed by atoms with Crippen LogP contribution in [-0.2, 0) is 21.1 Å². The van der Waals surface area contributed by atoms with Gasteiger partial charge in [-0.15, -0.1) is 12.4 Å². The molecule has 0 saturated carbocycles. The highest BCUT2D eigenvalue weighted by Crippen LogP contribution is 2.05. The average molecular weight is 307 g/mol. The fourth-order valence-electron chi connectivity index (χ4n) is 1.37. The average Bonchev–Trinajstić information content (AvgIpc) is 2.32. The van der Waals surface area contributed by atoms with Crippen molar-refractivity contribution in [3.8, 4) is 0 Å². The van der Waals surface area contributed by atoms with E-state index in [4.69, 9.17) is 5.73 Å². The van der Waals surface area contributed by atoms with Crippen LogP contribution in [0.4, 0.5) is 5.69 Å². The van der Waals surface area contributed by atoms with Crippen LogP contribution < -0.4 is 11.1 Å². The van der Waals surface area contributed by atoms with Crippen molar-refractivity contribution in [3.05, 3.63) is 29.8 Å². The van der Waals surface area contributed by atoms with E-state index >= 15 is 0 Å². The van der Waals surface area contributed by atoms with E-state index in [2.05, 4.69) is 5.32 Å². The van der Waals surface area contributed by atoms with Gasteiger partial charge in [-0.25, -0.2) is 8.42 Å². The summed E-state index contributed by atoms with van der Waals surface area (Å²) in [5.41, 5.74) is 7.03. The van der Waals surface area contributed by atoms with E-state index in [1.807, 2.05) is 0 Å². The predicted octanol–water partition coefficient (Wildman–Crippen LogP) is 0.784. The van der Waals surface area contributed by atoms with Gasteiger partial charge in [-0.2, -0.15) is 0 Å². The molecule has 3 N–H and O–H groups in total. The topological polar surface area (TPSA) is 89.3 Å². The number of nitrogens with two attached hydrogens (primary N) is 1. The van der Waals surface area contributed by atoms with Gasteiger partial charge in [0.25, 0.3) is 0 Å². The Labute approximate surface area is 119 Å². The molecule has 0 bridgehead atoms. The molecule has 0 aliphatic heterocycles. The molecule has 19 heavy (non-hydrogen) atoms. The highest BCUT2D eigenvalue weighted by molar-refractivity contribution is 7.91. The van der Waals surface area contributed by atoms with Crippen molar-refractivity contribution < 1.29 is 13.2 Å². The van der Waals surface area contributed by atoms with E-state index in [0.29, 0.717) is 5.69 Å². The van der Waals surface area contributed by atoms with Crippen molar-refractivity contribution in [2.75, 3.05) is 23.8 Å². The lowest BCUT2D eigenvalue weighted by Gasteiger charge is -2.05. The second-order valence-electron chi connectivity index (χ2n) is 4.00. The summed E-state index contributed by atoms with van der Waals surface area (Å²) < 4.78 is 22.4. The maximum Gasteiger partial charge on any atom is 0.224 e. The summed E-state index contributed by atoms with van der Waals surface area (Å²) in [4.78, 5) is 11.5. The molecule has 0 unspecified atom stereocenters. The first-order valence-electron chi connectivity index (χ1n) is 5.74. The molecular weight excluding hydrogens is 288 g/mol. The van der Waals surface area contributed by atoms with Crippen LogP contribution in [0, 0.1) is 0 Å². The monoisotopic (exact) mass is 306 g/mol. The van der Waals surface area contributed by atoms with Gasteiger partial charge in [0.05, 0.1) is 12.2 Å². The number of carbonyl (C=O) groups is 1. The number of amides is 1. The molecule has 7 heteroatoms. The van der Waals surface area contributed by atoms with Crippen LogP contribution in [0.3, 0.4) is 0 Å². The summed E-state index contributed by atoms with van der Waals surface area (Å²) in [6.07, 6.45) is 0.229. The third-order valence-electron chi connectivity index (χ3n) is 2.52. The minimum atomic E-state index is -3.02. The molecule has 0 aliphatic carbocycles. The molecule has 1 aromatic carbocycles. The maximum absolute atomic E-state index is 11.5. The number of hydrogen-bond acceptors (Lipinski definition) is 4. The molecule has 0 atom stereocenters. The zero-order valence-electron chi connectivity index (χ0n) is 10.8. The zero-order chi connectivity index (χ0) is 13.6. The Morgan fingerprint density at radius 3 is 2.37 bits per heavy atom. The molecule has 5 nitrogen and oxygen atoms in total. The van der Waals surface area contributed by atoms with Crippen LogP contribution in [0.25, 0.3) is 0 Å². The highest BCUT2D eigenvalue weighted by atomic mass is 35.5. The molecule has 0 spiro atoms. The molecular formula is C12H19ClN2O3S. The smallest absolute Gasteiger partial charge is 0.224 e. The van der Waals surface area contributed by atoms with Gasteiger partial charge in [0, 0.05) is 18.0 Å². The summed E-state index contributed by atoms with van der Waals surface area (Å²) in [5, 5.41) is 2.59. The lowest BCUT2D eigenvalue weighted by molar-refractivity contribution is -0.120. The summed E-state index contributed by atoms with van der Waals surface area (Å²) in [6.45, 7) is 1.75. The van der Waals surface area contributed by atoms with Gasteiger partial charge in [0.1, 0.15) is 0 Å². The van der Waals surface area contributed by atoms with Gasteiger partial charge in [0.2, 0.25) is 5.91 Å². The number of nitrogen functional groups attached to an aromatic ring is 1. The van der Waals surface area contributed by atoms with Crippen LogP contribution in [0.1, 0.15) is 12.5 Å². The normalized spacial score (nSPS) is 10.6. The molecule has 0 aromatic heterocycles. The Bertz CT molecular complexity index is 500. The molecule has 1 amide bonds. The summed E-state index contributed by atoms with van der Waals surface area (Å²) in [6, 6.07) is 7.00. The minimum absolute atomic E-state index is 0. The van der Waals surface area contributed by atoms with Crippen molar-refractivity contribution in [1.82, 2.24) is 5.32 Å². The SMILES string of the molecule is CCS(=O)(=O)CCNC(=O)Cc1ccc(N)cc1.Cl. The third kappa shape index (κ3) is 7.03. The number of anilines is 1. The second-order valence-corrected chi connectivity index (χ2v) is 6.48. The fraction of sp³-hybridized carbons (Fsp3) is 0.417. The van der Waals surface area contributed by atoms with Crippen molar-refractivity contribution in [2.24, 2.45) is 0 Å². The summed E-state index contributed by atoms with van der Waals surface area (Å²) in [7, 11) is -3.02. The van der Waals surface area contributed by atoms with Crippen LogP contribution in [0.5, 0.6) is 0 Å². The van der Waals surface area contributed by atoms with Crippen molar-refractivity contribution in [3.63, 3.8) is 0 Å². The number of carbonyl (C=O) groups excluding carboxylic acids is 1. The van der Waals surface area contributed by atoms with Crippen LogP contribution in [0.2, 0.25) is 0 Å². The Balaban J connectivity index is 0.00000324. The number of hydrogen-bond donors (Lipinski definition) is 2. The molecule has 0 aliphatic rings. The van der Waals surface area contributed by atoms with Gasteiger partial charge >= 0.3 is 0 Å². The number of nitrogens with one attached hydrogen (secondary N) is 1. The van der Waals surface area contributed by atoms with Crippen molar-refractivity contribution in [2.45, 2.75) is 13.3 Å². The van der Waals surface area contributed by atoms with Crippen LogP contribution in [-0.4, -0.2) is 32.4 Å². The van der Waals surface area contributed by atoms with Gasteiger partial charge < -0.3 is 11.1 Å². The van der Waals surface area contributed by atoms with Crippen LogP contribution in [0.15, 0.2) is 24.3 Å². The standard InChI is InChI=1S/C12H18N2O3S.ClH/c1-2-18(16,17)8-7-14-12(15)9-10-3-5-11(13)6-4-10;/h3-6H,2,7-9,13H2,1H3,(H,14,15);1H. The van der Waals surface area contributed by atoms with Gasteiger partial charge in [-0.3, -0.25) is 4.79 Å². The van der Waals surface area contributed by atoms with Gasteiger partial charge in [0.15, 0.2) is 9.84 Å². The lowest BCUT2D eigenvalue weighted by atomic mass is 10.1. The molecule has 108 valence electrons. The van der Waals surface area contributed by atoms with Gasteiger partial charge in [-0.1, -0.05) is 19.1 Å². The molecule has 1 rings (SSSR count). The van der Waals surface area contributed by atoms with Crippen molar-refractivity contribution >= 4 is 33.8 Å². The van der Waals surface area contributed by atoms with E-state index in [1.54, 1.807) is 31.2 Å². The van der Waals surface area contributed by atoms with Crippen molar-refractivity contribution in [1.29, 1.82) is 0 Å². The zero-order valence-corrected chi connectivity index (χ0v) is 12.4. The van der Waals surface area contributed by atoms with Gasteiger partial charge in [-0.05, 0) is 17.7 Å². The van der Waals surface area contributed by atoms with E-state index < -0.39 is 9.84 Å². The molecule has 0 saturated heterocycles. The number of benzene rings is 1.